The highest BCUT2D eigenvalue weighted by atomic mass is 32.1. The Balaban J connectivity index is 2.76. The fraction of sp³-hybridized carbons (Fsp3) is 0.500. The third kappa shape index (κ3) is 3.23. The zero-order valence-corrected chi connectivity index (χ0v) is 15.7. The van der Waals surface area contributed by atoms with Crippen molar-refractivity contribution in [2.75, 3.05) is 0 Å². The molecule has 136 valence electrons. The molecule has 0 fully saturated rings. The number of ether oxygens (including phenoxy) is 1. The van der Waals surface area contributed by atoms with Crippen LogP contribution in [0.3, 0.4) is 0 Å². The molecule has 0 aliphatic heterocycles. The maximum Gasteiger partial charge on any atom is 0.346 e. The van der Waals surface area contributed by atoms with Crippen molar-refractivity contribution in [3.63, 3.8) is 0 Å². The normalized spacial score (nSPS) is 12.4. The molecule has 0 bridgehead atoms. The molecule has 0 saturated carbocycles. The first-order valence-corrected chi connectivity index (χ1v) is 8.34. The van der Waals surface area contributed by atoms with E-state index in [1.807, 2.05) is 0 Å². The van der Waals surface area contributed by atoms with E-state index in [4.69, 9.17) is 4.74 Å². The van der Waals surface area contributed by atoms with Gasteiger partial charge in [0.25, 0.3) is 5.56 Å². The van der Waals surface area contributed by atoms with Crippen molar-refractivity contribution in [3.05, 3.63) is 31.3 Å². The number of aromatic carboxylic acids is 1. The van der Waals surface area contributed by atoms with Crippen LogP contribution in [-0.2, 0) is 15.1 Å². The first-order valence-electron chi connectivity index (χ1n) is 7.53. The number of aromatic nitrogens is 2. The number of nitrogens with one attached hydrogen (secondary N) is 1. The molecule has 8 nitrogen and oxygen atoms in total. The van der Waals surface area contributed by atoms with Gasteiger partial charge < -0.3 is 9.84 Å². The van der Waals surface area contributed by atoms with E-state index in [9.17, 15) is 24.3 Å². The highest BCUT2D eigenvalue weighted by molar-refractivity contribution is 7.20. The number of fused-ring (bicyclic) bond motifs is 1. The Morgan fingerprint density at radius 2 is 1.72 bits per heavy atom. The molecule has 9 heteroatoms. The van der Waals surface area contributed by atoms with Crippen molar-refractivity contribution in [2.24, 2.45) is 0 Å². The highest BCUT2D eigenvalue weighted by Crippen LogP contribution is 2.27. The van der Waals surface area contributed by atoms with Crippen molar-refractivity contribution in [2.45, 2.75) is 52.7 Å². The number of nitrogens with zero attached hydrogens (tertiary/aromatic N) is 1. The number of carboxylic acid groups (broad SMARTS) is 1. The predicted octanol–water partition coefficient (Wildman–Crippen LogP) is 1.83. The van der Waals surface area contributed by atoms with E-state index in [0.29, 0.717) is 0 Å². The van der Waals surface area contributed by atoms with E-state index in [2.05, 4.69) is 4.98 Å². The average Bonchev–Trinajstić information content (AvgIpc) is 2.73. The molecule has 0 amide bonds. The number of carboxylic acids is 1. The smallest absolute Gasteiger partial charge is 0.346 e. The van der Waals surface area contributed by atoms with E-state index in [0.717, 1.165) is 15.9 Å². The van der Waals surface area contributed by atoms with Crippen LogP contribution in [0.1, 0.15) is 49.9 Å². The molecule has 0 aromatic carbocycles. The number of aryl methyl sites for hydroxylation is 1. The van der Waals surface area contributed by atoms with Gasteiger partial charge in [-0.2, -0.15) is 0 Å². The standard InChI is InChI=1S/C16H20N2O6S/c1-7-8-10(25-9(7)12(20)21)17-14(23)18(11(8)19)16(5,6)13(22)24-15(2,3)4/h1-6H3,(H,17,23)(H,20,21). The van der Waals surface area contributed by atoms with Crippen molar-refractivity contribution in [1.82, 2.24) is 9.55 Å². The number of carbonyl (C=O) groups excluding carboxylic acids is 1. The number of carbonyl (C=O) groups is 2. The lowest BCUT2D eigenvalue weighted by Gasteiger charge is -2.29. The fourth-order valence-electron chi connectivity index (χ4n) is 2.42. The Kier molecular flexibility index (Phi) is 4.41. The molecule has 0 radical (unpaired) electrons. The lowest BCUT2D eigenvalue weighted by atomic mass is 10.0. The van der Waals surface area contributed by atoms with Crippen molar-refractivity contribution >= 4 is 33.5 Å². The molecule has 2 N–H and O–H groups in total. The van der Waals surface area contributed by atoms with E-state index in [1.165, 1.54) is 20.8 Å². The van der Waals surface area contributed by atoms with Crippen LogP contribution in [0.25, 0.3) is 10.2 Å². The first kappa shape index (κ1) is 18.9. The van der Waals surface area contributed by atoms with Gasteiger partial charge in [-0.25, -0.2) is 19.0 Å². The van der Waals surface area contributed by atoms with Gasteiger partial charge in [0.05, 0.1) is 5.39 Å². The molecular formula is C16H20N2O6S. The SMILES string of the molecule is Cc1c(C(=O)O)sc2[nH]c(=O)n(C(C)(C)C(=O)OC(C)(C)C)c(=O)c12. The van der Waals surface area contributed by atoms with Crippen LogP contribution in [0.15, 0.2) is 9.59 Å². The minimum atomic E-state index is -1.57. The maximum atomic E-state index is 12.9. The van der Waals surface area contributed by atoms with Crippen molar-refractivity contribution in [3.8, 4) is 0 Å². The number of hydrogen-bond acceptors (Lipinski definition) is 6. The van der Waals surface area contributed by atoms with Crippen LogP contribution in [0.5, 0.6) is 0 Å². The quantitative estimate of drug-likeness (QED) is 0.798. The Morgan fingerprint density at radius 3 is 2.20 bits per heavy atom. The molecule has 0 unspecified atom stereocenters. The first-order chi connectivity index (χ1) is 11.3. The van der Waals surface area contributed by atoms with Gasteiger partial charge >= 0.3 is 17.6 Å². The van der Waals surface area contributed by atoms with E-state index >= 15 is 0 Å². The molecule has 0 spiro atoms. The Morgan fingerprint density at radius 1 is 1.16 bits per heavy atom. The van der Waals surface area contributed by atoms with Gasteiger partial charge in [-0.3, -0.25) is 9.78 Å². The average molecular weight is 368 g/mol. The van der Waals surface area contributed by atoms with E-state index < -0.39 is 34.3 Å². The minimum absolute atomic E-state index is 0.0319. The van der Waals surface area contributed by atoms with Crippen molar-refractivity contribution < 1.29 is 19.4 Å². The minimum Gasteiger partial charge on any atom is -0.477 e. The highest BCUT2D eigenvalue weighted by Gasteiger charge is 2.37. The molecule has 0 aliphatic carbocycles. The second kappa shape index (κ2) is 5.83. The third-order valence-corrected chi connectivity index (χ3v) is 4.83. The van der Waals surface area contributed by atoms with Gasteiger partial charge in [-0.1, -0.05) is 0 Å². The molecule has 0 saturated heterocycles. The van der Waals surface area contributed by atoms with Gasteiger partial charge in [0.2, 0.25) is 0 Å². The van der Waals surface area contributed by atoms with Crippen LogP contribution in [-0.4, -0.2) is 32.2 Å². The number of esters is 1. The molecule has 2 aromatic heterocycles. The largest absolute Gasteiger partial charge is 0.477 e. The monoisotopic (exact) mass is 368 g/mol. The second-order valence-corrected chi connectivity index (χ2v) is 8.22. The van der Waals surface area contributed by atoms with Gasteiger partial charge in [0, 0.05) is 0 Å². The second-order valence-electron chi connectivity index (χ2n) is 7.20. The van der Waals surface area contributed by atoms with Gasteiger partial charge in [-0.05, 0) is 47.1 Å². The summed E-state index contributed by atoms with van der Waals surface area (Å²) in [5.74, 6) is -1.92. The molecule has 0 aliphatic rings. The van der Waals surface area contributed by atoms with E-state index in [1.54, 1.807) is 20.8 Å². The van der Waals surface area contributed by atoms with E-state index in [-0.39, 0.29) is 20.7 Å². The van der Waals surface area contributed by atoms with Gasteiger partial charge in [-0.15, -0.1) is 11.3 Å². The number of hydrogen-bond donors (Lipinski definition) is 2. The third-order valence-electron chi connectivity index (χ3n) is 3.64. The number of H-pyrrole nitrogens is 1. The molecular weight excluding hydrogens is 348 g/mol. The van der Waals surface area contributed by atoms with Crippen LogP contribution in [0, 0.1) is 6.92 Å². The number of rotatable bonds is 3. The summed E-state index contributed by atoms with van der Waals surface area (Å²) in [5.41, 5.74) is -3.63. The Labute approximate surface area is 147 Å². The summed E-state index contributed by atoms with van der Waals surface area (Å²) in [5, 5.41) is 9.29. The summed E-state index contributed by atoms with van der Waals surface area (Å²) in [6.45, 7) is 9.34. The summed E-state index contributed by atoms with van der Waals surface area (Å²) >= 11 is 0.813. The fourth-order valence-corrected chi connectivity index (χ4v) is 3.45. The summed E-state index contributed by atoms with van der Waals surface area (Å²) in [7, 11) is 0. The summed E-state index contributed by atoms with van der Waals surface area (Å²) in [4.78, 5) is 51.7. The Hall–Kier alpha value is -2.42. The van der Waals surface area contributed by atoms with Crippen LogP contribution in [0.2, 0.25) is 0 Å². The number of aromatic amines is 1. The zero-order valence-electron chi connectivity index (χ0n) is 14.8. The molecule has 2 aromatic rings. The summed E-state index contributed by atoms with van der Waals surface area (Å²) in [6, 6.07) is 0. The van der Waals surface area contributed by atoms with Crippen molar-refractivity contribution in [1.29, 1.82) is 0 Å². The van der Waals surface area contributed by atoms with Crippen LogP contribution in [0.4, 0.5) is 0 Å². The molecule has 2 rings (SSSR count). The zero-order chi connectivity index (χ0) is 19.3. The lowest BCUT2D eigenvalue weighted by Crippen LogP contribution is -2.52. The molecule has 2 heterocycles. The van der Waals surface area contributed by atoms with Crippen LogP contribution < -0.4 is 11.2 Å². The Bertz CT molecular complexity index is 987. The maximum absolute atomic E-state index is 12.9. The lowest BCUT2D eigenvalue weighted by molar-refractivity contribution is -0.164. The predicted molar refractivity (Wildman–Crippen MR) is 93.6 cm³/mol. The number of thiophene rings is 1. The summed E-state index contributed by atoms with van der Waals surface area (Å²) < 4.78 is 6.08. The molecule has 0 atom stereocenters. The van der Waals surface area contributed by atoms with Crippen LogP contribution >= 0.6 is 11.3 Å². The van der Waals surface area contributed by atoms with Gasteiger partial charge in [0.15, 0.2) is 0 Å². The summed E-state index contributed by atoms with van der Waals surface area (Å²) in [6.07, 6.45) is 0. The molecule has 25 heavy (non-hydrogen) atoms. The topological polar surface area (TPSA) is 118 Å². The van der Waals surface area contributed by atoms with Gasteiger partial charge in [0.1, 0.15) is 20.8 Å².